The Morgan fingerprint density at radius 1 is 1.00 bits per heavy atom. The first-order valence-corrected chi connectivity index (χ1v) is 11.5. The summed E-state index contributed by atoms with van der Waals surface area (Å²) in [5.74, 6) is 0.398. The van der Waals surface area contributed by atoms with E-state index in [0.717, 1.165) is 0 Å². The Balaban J connectivity index is 1.95. The van der Waals surface area contributed by atoms with Crippen molar-refractivity contribution in [3.8, 4) is 11.5 Å². The SMILES string of the molecule is CCN(c1ccccc1)S(=O)(=O)c1cc(NC(=O)c2ccc(OC)cc2OC)ccc1Cl. The number of hydrogen-bond donors (Lipinski definition) is 1. The molecule has 3 aromatic rings. The van der Waals surface area contributed by atoms with E-state index in [1.165, 1.54) is 36.7 Å². The number of hydrogen-bond acceptors (Lipinski definition) is 5. The number of para-hydroxylation sites is 1. The molecule has 0 aliphatic heterocycles. The topological polar surface area (TPSA) is 84.9 Å². The van der Waals surface area contributed by atoms with Gasteiger partial charge in [0.15, 0.2) is 0 Å². The highest BCUT2D eigenvalue weighted by Crippen LogP contribution is 2.31. The van der Waals surface area contributed by atoms with Gasteiger partial charge >= 0.3 is 0 Å². The van der Waals surface area contributed by atoms with E-state index in [9.17, 15) is 13.2 Å². The summed E-state index contributed by atoms with van der Waals surface area (Å²) in [4.78, 5) is 12.7. The molecule has 0 fully saturated rings. The van der Waals surface area contributed by atoms with Crippen LogP contribution in [0, 0.1) is 0 Å². The fourth-order valence-electron chi connectivity index (χ4n) is 3.17. The maximum atomic E-state index is 13.4. The molecular formula is C23H23ClN2O5S. The van der Waals surface area contributed by atoms with Gasteiger partial charge in [0.2, 0.25) is 0 Å². The molecule has 0 bridgehead atoms. The van der Waals surface area contributed by atoms with Gasteiger partial charge in [-0.15, -0.1) is 0 Å². The number of rotatable bonds is 8. The summed E-state index contributed by atoms with van der Waals surface area (Å²) < 4.78 is 38.4. The number of ether oxygens (including phenoxy) is 2. The van der Waals surface area contributed by atoms with Crippen LogP contribution in [-0.2, 0) is 10.0 Å². The summed E-state index contributed by atoms with van der Waals surface area (Å²) >= 11 is 6.25. The average Bonchev–Trinajstić information content (AvgIpc) is 2.80. The van der Waals surface area contributed by atoms with Crippen LogP contribution in [0.15, 0.2) is 71.6 Å². The number of carbonyl (C=O) groups is 1. The molecule has 168 valence electrons. The maximum absolute atomic E-state index is 13.4. The highest BCUT2D eigenvalue weighted by atomic mass is 35.5. The van der Waals surface area contributed by atoms with Crippen molar-refractivity contribution < 1.29 is 22.7 Å². The molecule has 32 heavy (non-hydrogen) atoms. The molecular weight excluding hydrogens is 452 g/mol. The molecule has 0 saturated heterocycles. The largest absolute Gasteiger partial charge is 0.497 e. The number of anilines is 2. The van der Waals surface area contributed by atoms with Gasteiger partial charge in [-0.1, -0.05) is 29.8 Å². The van der Waals surface area contributed by atoms with Crippen LogP contribution in [0.25, 0.3) is 0 Å². The number of methoxy groups -OCH3 is 2. The summed E-state index contributed by atoms with van der Waals surface area (Å²) in [5, 5.41) is 2.76. The fourth-order valence-corrected chi connectivity index (χ4v) is 5.14. The highest BCUT2D eigenvalue weighted by molar-refractivity contribution is 7.93. The maximum Gasteiger partial charge on any atom is 0.265 e. The van der Waals surface area contributed by atoms with Gasteiger partial charge < -0.3 is 14.8 Å². The first-order valence-electron chi connectivity index (χ1n) is 9.72. The smallest absolute Gasteiger partial charge is 0.265 e. The van der Waals surface area contributed by atoms with Gasteiger partial charge in [0, 0.05) is 18.3 Å². The van der Waals surface area contributed by atoms with Crippen molar-refractivity contribution in [2.45, 2.75) is 11.8 Å². The third-order valence-electron chi connectivity index (χ3n) is 4.74. The van der Waals surface area contributed by atoms with Crippen molar-refractivity contribution in [2.75, 3.05) is 30.4 Å². The minimum absolute atomic E-state index is 0.0550. The van der Waals surface area contributed by atoms with Gasteiger partial charge in [0.25, 0.3) is 15.9 Å². The molecule has 0 aliphatic carbocycles. The van der Waals surface area contributed by atoms with Gasteiger partial charge in [-0.3, -0.25) is 9.10 Å². The zero-order valence-electron chi connectivity index (χ0n) is 17.8. The van der Waals surface area contributed by atoms with Crippen molar-refractivity contribution >= 4 is 38.9 Å². The van der Waals surface area contributed by atoms with Crippen molar-refractivity contribution in [2.24, 2.45) is 0 Å². The Kier molecular flexibility index (Phi) is 7.27. The molecule has 0 saturated carbocycles. The van der Waals surface area contributed by atoms with E-state index < -0.39 is 15.9 Å². The van der Waals surface area contributed by atoms with Crippen molar-refractivity contribution in [3.05, 3.63) is 77.3 Å². The van der Waals surface area contributed by atoms with Crippen LogP contribution in [0.2, 0.25) is 5.02 Å². The van der Waals surface area contributed by atoms with E-state index in [2.05, 4.69) is 5.32 Å². The normalized spacial score (nSPS) is 11.0. The van der Waals surface area contributed by atoms with E-state index in [1.807, 2.05) is 0 Å². The summed E-state index contributed by atoms with van der Waals surface area (Å²) in [5.41, 5.74) is 1.07. The number of sulfonamides is 1. The third-order valence-corrected chi connectivity index (χ3v) is 7.13. The number of carbonyl (C=O) groups excluding carboxylic acids is 1. The third kappa shape index (κ3) is 4.81. The Bertz CT molecular complexity index is 1220. The first-order chi connectivity index (χ1) is 15.3. The average molecular weight is 475 g/mol. The second-order valence-corrected chi connectivity index (χ2v) is 8.91. The van der Waals surface area contributed by atoms with Gasteiger partial charge in [-0.05, 0) is 49.4 Å². The fraction of sp³-hybridized carbons (Fsp3) is 0.174. The summed E-state index contributed by atoms with van der Waals surface area (Å²) in [6, 6.07) is 17.8. The molecule has 0 heterocycles. The Hall–Kier alpha value is -3.23. The Morgan fingerprint density at radius 3 is 2.34 bits per heavy atom. The summed E-state index contributed by atoms with van der Waals surface area (Å²) in [6.07, 6.45) is 0. The van der Waals surface area contributed by atoms with E-state index in [-0.39, 0.29) is 27.7 Å². The van der Waals surface area contributed by atoms with Crippen molar-refractivity contribution in [1.82, 2.24) is 0 Å². The molecule has 1 N–H and O–H groups in total. The Morgan fingerprint density at radius 2 is 1.72 bits per heavy atom. The Labute approximate surface area is 192 Å². The van der Waals surface area contributed by atoms with Gasteiger partial charge in [0.1, 0.15) is 16.4 Å². The lowest BCUT2D eigenvalue weighted by Crippen LogP contribution is -2.31. The summed E-state index contributed by atoms with van der Waals surface area (Å²) in [6.45, 7) is 1.95. The second-order valence-electron chi connectivity index (χ2n) is 6.67. The molecule has 0 spiro atoms. The zero-order valence-corrected chi connectivity index (χ0v) is 19.4. The van der Waals surface area contributed by atoms with Crippen LogP contribution in [0.5, 0.6) is 11.5 Å². The van der Waals surface area contributed by atoms with E-state index in [0.29, 0.717) is 17.2 Å². The number of benzene rings is 3. The van der Waals surface area contributed by atoms with Crippen LogP contribution in [0.4, 0.5) is 11.4 Å². The zero-order chi connectivity index (χ0) is 23.3. The molecule has 0 aliphatic rings. The molecule has 7 nitrogen and oxygen atoms in total. The molecule has 0 aromatic heterocycles. The molecule has 0 radical (unpaired) electrons. The molecule has 1 amide bonds. The standard InChI is InChI=1S/C23H23ClN2O5S/c1-4-26(17-8-6-5-7-9-17)32(28,29)22-14-16(10-13-20(22)24)25-23(27)19-12-11-18(30-2)15-21(19)31-3/h5-15H,4H2,1-3H3,(H,25,27). The lowest BCUT2D eigenvalue weighted by molar-refractivity contribution is 0.102. The van der Waals surface area contributed by atoms with Crippen molar-refractivity contribution in [3.63, 3.8) is 0 Å². The van der Waals surface area contributed by atoms with E-state index >= 15 is 0 Å². The number of nitrogens with zero attached hydrogens (tertiary/aromatic N) is 1. The molecule has 0 atom stereocenters. The van der Waals surface area contributed by atoms with Crippen LogP contribution in [-0.4, -0.2) is 35.1 Å². The van der Waals surface area contributed by atoms with Crippen LogP contribution < -0.4 is 19.1 Å². The molecule has 0 unspecified atom stereocenters. The molecule has 3 aromatic carbocycles. The summed E-state index contributed by atoms with van der Waals surface area (Å²) in [7, 11) is -1.01. The predicted octanol–water partition coefficient (Wildman–Crippen LogP) is 4.82. The predicted molar refractivity (Wildman–Crippen MR) is 126 cm³/mol. The lowest BCUT2D eigenvalue weighted by atomic mass is 10.1. The lowest BCUT2D eigenvalue weighted by Gasteiger charge is -2.23. The van der Waals surface area contributed by atoms with Gasteiger partial charge in [0.05, 0.1) is 30.5 Å². The minimum Gasteiger partial charge on any atom is -0.497 e. The van der Waals surface area contributed by atoms with Gasteiger partial charge in [-0.25, -0.2) is 8.42 Å². The van der Waals surface area contributed by atoms with Crippen molar-refractivity contribution in [1.29, 1.82) is 0 Å². The van der Waals surface area contributed by atoms with Crippen LogP contribution in [0.1, 0.15) is 17.3 Å². The first kappa shape index (κ1) is 23.4. The van der Waals surface area contributed by atoms with Crippen LogP contribution >= 0.6 is 11.6 Å². The van der Waals surface area contributed by atoms with E-state index in [1.54, 1.807) is 55.5 Å². The molecule has 9 heteroatoms. The number of nitrogens with one attached hydrogen (secondary N) is 1. The highest BCUT2D eigenvalue weighted by Gasteiger charge is 2.27. The van der Waals surface area contributed by atoms with Crippen LogP contribution in [0.3, 0.4) is 0 Å². The quantitative estimate of drug-likeness (QED) is 0.505. The molecule has 3 rings (SSSR count). The second kappa shape index (κ2) is 9.93. The van der Waals surface area contributed by atoms with Gasteiger partial charge in [-0.2, -0.15) is 0 Å². The number of halogens is 1. The number of amides is 1. The minimum atomic E-state index is -3.97. The monoisotopic (exact) mass is 474 g/mol. The van der Waals surface area contributed by atoms with E-state index in [4.69, 9.17) is 21.1 Å².